The van der Waals surface area contributed by atoms with E-state index in [-0.39, 0.29) is 18.2 Å². The number of amides is 1. The van der Waals surface area contributed by atoms with Gasteiger partial charge in [0.1, 0.15) is 0 Å². The summed E-state index contributed by atoms with van der Waals surface area (Å²) in [5, 5.41) is 12.5. The molecule has 1 saturated carbocycles. The predicted molar refractivity (Wildman–Crippen MR) is 81.2 cm³/mol. The van der Waals surface area contributed by atoms with Crippen LogP contribution in [0.2, 0.25) is 5.02 Å². The molecule has 0 unspecified atom stereocenters. The smallest absolute Gasteiger partial charge is 0.306 e. The molecule has 21 heavy (non-hydrogen) atoms. The fraction of sp³-hybridized carbons (Fsp3) is 0.500. The highest BCUT2D eigenvalue weighted by Crippen LogP contribution is 2.28. The van der Waals surface area contributed by atoms with Crippen LogP contribution in [0.4, 0.5) is 0 Å². The molecule has 1 aliphatic carbocycles. The lowest BCUT2D eigenvalue weighted by Crippen LogP contribution is -2.33. The highest BCUT2D eigenvalue weighted by atomic mass is 35.5. The third-order valence-corrected chi connectivity index (χ3v) is 4.46. The second kappa shape index (κ2) is 7.46. The van der Waals surface area contributed by atoms with Crippen molar-refractivity contribution >= 4 is 23.5 Å². The van der Waals surface area contributed by atoms with Crippen LogP contribution in [0.25, 0.3) is 0 Å². The summed E-state index contributed by atoms with van der Waals surface area (Å²) in [6.45, 7) is 0.621. The van der Waals surface area contributed by atoms with Crippen LogP contribution >= 0.6 is 11.6 Å². The van der Waals surface area contributed by atoms with Crippen LogP contribution in [0.5, 0.6) is 0 Å². The average Bonchev–Trinajstić information content (AvgIpc) is 2.48. The Morgan fingerprint density at radius 3 is 2.48 bits per heavy atom. The lowest BCUT2D eigenvalue weighted by atomic mass is 9.82. The molecule has 0 heterocycles. The molecule has 0 saturated heterocycles. The van der Waals surface area contributed by atoms with Gasteiger partial charge in [0.2, 0.25) is 5.91 Å². The summed E-state index contributed by atoms with van der Waals surface area (Å²) in [7, 11) is 0. The van der Waals surface area contributed by atoms with E-state index in [0.717, 1.165) is 18.4 Å². The summed E-state index contributed by atoms with van der Waals surface area (Å²) >= 11 is 6.03. The van der Waals surface area contributed by atoms with Crippen LogP contribution in [-0.4, -0.2) is 23.5 Å². The first-order chi connectivity index (χ1) is 10.1. The lowest BCUT2D eigenvalue weighted by Gasteiger charge is -2.26. The molecule has 0 atom stereocenters. The highest BCUT2D eigenvalue weighted by molar-refractivity contribution is 6.31. The molecule has 5 heteroatoms. The second-order valence-electron chi connectivity index (χ2n) is 5.63. The van der Waals surface area contributed by atoms with Crippen LogP contribution in [0.1, 0.15) is 31.2 Å². The molecule has 2 rings (SSSR count). The van der Waals surface area contributed by atoms with Crippen molar-refractivity contribution in [1.29, 1.82) is 0 Å². The molecule has 1 amide bonds. The van der Waals surface area contributed by atoms with Gasteiger partial charge in [-0.3, -0.25) is 9.59 Å². The molecular formula is C16H20ClNO3. The molecule has 0 aromatic heterocycles. The number of aliphatic carboxylic acids is 1. The van der Waals surface area contributed by atoms with E-state index >= 15 is 0 Å². The third-order valence-electron chi connectivity index (χ3n) is 4.09. The van der Waals surface area contributed by atoms with Crippen LogP contribution < -0.4 is 5.32 Å². The van der Waals surface area contributed by atoms with E-state index in [4.69, 9.17) is 16.7 Å². The number of hydrogen-bond acceptors (Lipinski definition) is 2. The molecule has 1 aromatic carbocycles. The molecule has 4 nitrogen and oxygen atoms in total. The lowest BCUT2D eigenvalue weighted by molar-refractivity contribution is -0.143. The van der Waals surface area contributed by atoms with E-state index in [1.54, 1.807) is 6.07 Å². The maximum Gasteiger partial charge on any atom is 0.306 e. The highest BCUT2D eigenvalue weighted by Gasteiger charge is 2.25. The van der Waals surface area contributed by atoms with Gasteiger partial charge in [-0.1, -0.05) is 29.8 Å². The van der Waals surface area contributed by atoms with Crippen LogP contribution in [-0.2, 0) is 16.0 Å². The molecule has 0 radical (unpaired) electrons. The first-order valence-corrected chi connectivity index (χ1v) is 7.67. The Morgan fingerprint density at radius 1 is 1.19 bits per heavy atom. The summed E-state index contributed by atoms with van der Waals surface area (Å²) in [5.41, 5.74) is 0.825. The minimum absolute atomic E-state index is 0.0385. The molecule has 0 aliphatic heterocycles. The molecule has 1 aliphatic rings. The summed E-state index contributed by atoms with van der Waals surface area (Å²) in [4.78, 5) is 22.8. The van der Waals surface area contributed by atoms with Crippen molar-refractivity contribution in [2.24, 2.45) is 11.8 Å². The first-order valence-electron chi connectivity index (χ1n) is 7.29. The van der Waals surface area contributed by atoms with Crippen LogP contribution in [0, 0.1) is 11.8 Å². The van der Waals surface area contributed by atoms with Crippen molar-refractivity contribution in [3.63, 3.8) is 0 Å². The van der Waals surface area contributed by atoms with E-state index in [2.05, 4.69) is 5.32 Å². The summed E-state index contributed by atoms with van der Waals surface area (Å²) in [5.74, 6) is -0.560. The van der Waals surface area contributed by atoms with Gasteiger partial charge in [0.15, 0.2) is 0 Å². The van der Waals surface area contributed by atoms with Crippen molar-refractivity contribution in [3.8, 4) is 0 Å². The Bertz CT molecular complexity index is 510. The zero-order valence-corrected chi connectivity index (χ0v) is 12.6. The van der Waals surface area contributed by atoms with Gasteiger partial charge in [0.05, 0.1) is 12.3 Å². The molecule has 1 aromatic rings. The Morgan fingerprint density at radius 2 is 1.86 bits per heavy atom. The first kappa shape index (κ1) is 15.8. The number of carboxylic acid groups (broad SMARTS) is 1. The summed E-state index contributed by atoms with van der Waals surface area (Å²) < 4.78 is 0. The van der Waals surface area contributed by atoms with E-state index in [1.165, 1.54) is 0 Å². The summed E-state index contributed by atoms with van der Waals surface area (Å²) in [6, 6.07) is 7.32. The molecule has 1 fully saturated rings. The number of hydrogen-bond donors (Lipinski definition) is 2. The molecule has 114 valence electrons. The van der Waals surface area contributed by atoms with Gasteiger partial charge in [0, 0.05) is 11.6 Å². The van der Waals surface area contributed by atoms with Crippen molar-refractivity contribution < 1.29 is 14.7 Å². The maximum absolute atomic E-state index is 11.9. The van der Waals surface area contributed by atoms with Gasteiger partial charge in [-0.05, 0) is 43.2 Å². The van der Waals surface area contributed by atoms with Gasteiger partial charge in [-0.15, -0.1) is 0 Å². The van der Waals surface area contributed by atoms with E-state index < -0.39 is 5.97 Å². The zero-order chi connectivity index (χ0) is 15.2. The van der Waals surface area contributed by atoms with Gasteiger partial charge in [-0.25, -0.2) is 0 Å². The number of benzene rings is 1. The van der Waals surface area contributed by atoms with Crippen molar-refractivity contribution in [1.82, 2.24) is 5.32 Å². The fourth-order valence-electron chi connectivity index (χ4n) is 2.75. The Balaban J connectivity index is 1.73. The Labute approximate surface area is 129 Å². The minimum atomic E-state index is -0.698. The largest absolute Gasteiger partial charge is 0.481 e. The Hall–Kier alpha value is -1.55. The molecule has 2 N–H and O–H groups in total. The van der Waals surface area contributed by atoms with Gasteiger partial charge >= 0.3 is 5.97 Å². The molecule has 0 bridgehead atoms. The fourth-order valence-corrected chi connectivity index (χ4v) is 2.95. The average molecular weight is 310 g/mol. The number of carboxylic acids is 1. The van der Waals surface area contributed by atoms with E-state index in [0.29, 0.717) is 30.3 Å². The number of rotatable bonds is 5. The summed E-state index contributed by atoms with van der Waals surface area (Å²) in [6.07, 6.45) is 3.43. The predicted octanol–water partition coefficient (Wildman–Crippen LogP) is 2.89. The number of carbonyl (C=O) groups excluding carboxylic acids is 1. The zero-order valence-electron chi connectivity index (χ0n) is 11.8. The third kappa shape index (κ3) is 4.74. The van der Waals surface area contributed by atoms with Crippen LogP contribution in [0.3, 0.4) is 0 Å². The van der Waals surface area contributed by atoms with E-state index in [1.807, 2.05) is 18.2 Å². The van der Waals surface area contributed by atoms with Crippen molar-refractivity contribution in [3.05, 3.63) is 34.9 Å². The van der Waals surface area contributed by atoms with Crippen molar-refractivity contribution in [2.75, 3.05) is 6.54 Å². The monoisotopic (exact) mass is 309 g/mol. The number of nitrogens with one attached hydrogen (secondary N) is 1. The molecule has 0 spiro atoms. The van der Waals surface area contributed by atoms with Gasteiger partial charge in [-0.2, -0.15) is 0 Å². The van der Waals surface area contributed by atoms with Gasteiger partial charge < -0.3 is 10.4 Å². The van der Waals surface area contributed by atoms with E-state index in [9.17, 15) is 9.59 Å². The normalized spacial score (nSPS) is 21.8. The van der Waals surface area contributed by atoms with Crippen LogP contribution in [0.15, 0.2) is 24.3 Å². The topological polar surface area (TPSA) is 66.4 Å². The molecular weight excluding hydrogens is 290 g/mol. The number of carbonyl (C=O) groups is 2. The standard InChI is InChI=1S/C16H20ClNO3/c17-14-4-2-1-3-13(14)9-15(19)18-10-11-5-7-12(8-6-11)16(20)21/h1-4,11-12H,5-10H2,(H,18,19)(H,20,21). The number of halogens is 1. The van der Waals surface area contributed by atoms with Gasteiger partial charge in [0.25, 0.3) is 0 Å². The maximum atomic E-state index is 11.9. The second-order valence-corrected chi connectivity index (χ2v) is 6.04. The SMILES string of the molecule is O=C(Cc1ccccc1Cl)NCC1CCC(C(=O)O)CC1. The van der Waals surface area contributed by atoms with Crippen molar-refractivity contribution in [2.45, 2.75) is 32.1 Å². The minimum Gasteiger partial charge on any atom is -0.481 e. The quantitative estimate of drug-likeness (QED) is 0.879. The Kier molecular flexibility index (Phi) is 5.62.